The fourth-order valence-electron chi connectivity index (χ4n) is 2.92. The van der Waals surface area contributed by atoms with Gasteiger partial charge in [0.15, 0.2) is 0 Å². The van der Waals surface area contributed by atoms with Crippen LogP contribution in [0.4, 0.5) is 5.69 Å². The summed E-state index contributed by atoms with van der Waals surface area (Å²) in [5.74, 6) is -0.179. The Morgan fingerprint density at radius 2 is 2.12 bits per heavy atom. The van der Waals surface area contributed by atoms with E-state index in [1.54, 1.807) is 5.38 Å². The number of anilines is 1. The lowest BCUT2D eigenvalue weighted by molar-refractivity contribution is 0.102. The molecule has 1 aromatic carbocycles. The molecule has 1 aliphatic carbocycles. The maximum atomic E-state index is 12.3. The van der Waals surface area contributed by atoms with Crippen LogP contribution in [-0.4, -0.2) is 16.1 Å². The van der Waals surface area contributed by atoms with Gasteiger partial charge in [-0.15, -0.1) is 35.5 Å². The summed E-state index contributed by atoms with van der Waals surface area (Å²) in [6.45, 7) is 2.40. The molecule has 1 fully saturated rings. The van der Waals surface area contributed by atoms with Crippen LogP contribution >= 0.6 is 35.5 Å². The Labute approximate surface area is 163 Å². The maximum Gasteiger partial charge on any atom is 0.275 e. The lowest BCUT2D eigenvalue weighted by atomic mass is 10.0. The van der Waals surface area contributed by atoms with Crippen LogP contribution in [0.1, 0.15) is 53.2 Å². The number of carbonyl (C=O) groups excluding carboxylic acids is 1. The lowest BCUT2D eigenvalue weighted by Gasteiger charge is -2.21. The van der Waals surface area contributed by atoms with Crippen molar-refractivity contribution < 1.29 is 4.79 Å². The van der Waals surface area contributed by atoms with Gasteiger partial charge >= 0.3 is 0 Å². The van der Waals surface area contributed by atoms with Crippen LogP contribution in [0.25, 0.3) is 0 Å². The third-order valence-corrected chi connectivity index (χ3v) is 6.46. The number of nitrogens with two attached hydrogens (primary N) is 1. The minimum atomic E-state index is -0.179. The number of nitrogens with one attached hydrogen (secondary N) is 1. The van der Waals surface area contributed by atoms with E-state index in [-0.39, 0.29) is 18.3 Å². The van der Waals surface area contributed by atoms with Crippen molar-refractivity contribution in [1.82, 2.24) is 4.98 Å². The summed E-state index contributed by atoms with van der Waals surface area (Å²) in [5, 5.41) is 6.21. The first-order chi connectivity index (χ1) is 11.7. The standard InChI is InChI=1S/C18H23N3OS2.ClH/c1-12-9-14(24-13-5-3-2-4-6-13)7-8-15(12)21-18(22)16-11-23-17(10-19)20-16;/h7-9,11,13H,2-6,10,19H2,1H3,(H,21,22);1H. The van der Waals surface area contributed by atoms with E-state index in [4.69, 9.17) is 5.73 Å². The monoisotopic (exact) mass is 397 g/mol. The number of hydrogen-bond acceptors (Lipinski definition) is 5. The van der Waals surface area contributed by atoms with Gasteiger partial charge in [-0.2, -0.15) is 0 Å². The average molecular weight is 398 g/mol. The summed E-state index contributed by atoms with van der Waals surface area (Å²) in [7, 11) is 0. The second kappa shape index (κ2) is 9.57. The molecule has 0 saturated heterocycles. The zero-order valence-electron chi connectivity index (χ0n) is 14.3. The van der Waals surface area contributed by atoms with E-state index in [1.807, 2.05) is 24.8 Å². The van der Waals surface area contributed by atoms with E-state index in [0.29, 0.717) is 12.2 Å². The first-order valence-electron chi connectivity index (χ1n) is 8.39. The fourth-order valence-corrected chi connectivity index (χ4v) is 4.92. The van der Waals surface area contributed by atoms with Crippen molar-refractivity contribution in [2.24, 2.45) is 5.73 Å². The third kappa shape index (κ3) is 5.45. The molecule has 1 aliphatic rings. The Balaban J connectivity index is 0.00000225. The van der Waals surface area contributed by atoms with Gasteiger partial charge in [-0.3, -0.25) is 4.79 Å². The Bertz CT molecular complexity index is 714. The molecule has 0 radical (unpaired) electrons. The van der Waals surface area contributed by atoms with E-state index in [1.165, 1.54) is 48.3 Å². The van der Waals surface area contributed by atoms with E-state index < -0.39 is 0 Å². The largest absolute Gasteiger partial charge is 0.325 e. The summed E-state index contributed by atoms with van der Waals surface area (Å²) in [4.78, 5) is 17.8. The smallest absolute Gasteiger partial charge is 0.275 e. The van der Waals surface area contributed by atoms with Gasteiger partial charge in [0.2, 0.25) is 0 Å². The molecular weight excluding hydrogens is 374 g/mol. The predicted molar refractivity (Wildman–Crippen MR) is 109 cm³/mol. The second-order valence-electron chi connectivity index (χ2n) is 6.14. The van der Waals surface area contributed by atoms with Crippen molar-refractivity contribution in [3.05, 3.63) is 39.8 Å². The van der Waals surface area contributed by atoms with Gasteiger partial charge in [0.25, 0.3) is 5.91 Å². The zero-order valence-corrected chi connectivity index (χ0v) is 16.7. The average Bonchev–Trinajstić information content (AvgIpc) is 3.07. The van der Waals surface area contributed by atoms with E-state index in [9.17, 15) is 4.79 Å². The number of aryl methyl sites for hydroxylation is 1. The third-order valence-electron chi connectivity index (χ3n) is 4.26. The van der Waals surface area contributed by atoms with Crippen LogP contribution in [0.3, 0.4) is 0 Å². The highest BCUT2D eigenvalue weighted by Crippen LogP contribution is 2.35. The second-order valence-corrected chi connectivity index (χ2v) is 8.46. The highest BCUT2D eigenvalue weighted by atomic mass is 35.5. The maximum absolute atomic E-state index is 12.3. The van der Waals surface area contributed by atoms with Crippen molar-refractivity contribution in [3.8, 4) is 0 Å². The number of nitrogens with zero attached hydrogens (tertiary/aromatic N) is 1. The fraction of sp³-hybridized carbons (Fsp3) is 0.444. The molecule has 1 saturated carbocycles. The summed E-state index contributed by atoms with van der Waals surface area (Å²) >= 11 is 3.39. The molecule has 1 aromatic heterocycles. The molecule has 136 valence electrons. The van der Waals surface area contributed by atoms with Gasteiger partial charge in [0.05, 0.1) is 0 Å². The number of thioether (sulfide) groups is 1. The first-order valence-corrected chi connectivity index (χ1v) is 10.1. The van der Waals surface area contributed by atoms with Crippen molar-refractivity contribution in [3.63, 3.8) is 0 Å². The molecule has 0 aliphatic heterocycles. The molecule has 1 heterocycles. The highest BCUT2D eigenvalue weighted by Gasteiger charge is 2.16. The minimum absolute atomic E-state index is 0. The van der Waals surface area contributed by atoms with E-state index >= 15 is 0 Å². The van der Waals surface area contributed by atoms with Gasteiger partial charge in [-0.1, -0.05) is 19.3 Å². The molecule has 0 spiro atoms. The number of hydrogen-bond donors (Lipinski definition) is 2. The topological polar surface area (TPSA) is 68.0 Å². The molecule has 4 nitrogen and oxygen atoms in total. The molecular formula is C18H24ClN3OS2. The van der Waals surface area contributed by atoms with Crippen LogP contribution < -0.4 is 11.1 Å². The summed E-state index contributed by atoms with van der Waals surface area (Å²) in [5.41, 5.74) is 7.90. The first kappa shape index (κ1) is 20.2. The van der Waals surface area contributed by atoms with Crippen LogP contribution in [0.15, 0.2) is 28.5 Å². The number of thiazole rings is 1. The minimum Gasteiger partial charge on any atom is -0.325 e. The Hall–Kier alpha value is -1.08. The lowest BCUT2D eigenvalue weighted by Crippen LogP contribution is -2.13. The van der Waals surface area contributed by atoms with Crippen molar-refractivity contribution >= 4 is 47.1 Å². The molecule has 0 bridgehead atoms. The van der Waals surface area contributed by atoms with Crippen LogP contribution in [0.5, 0.6) is 0 Å². The predicted octanol–water partition coefficient (Wildman–Crippen LogP) is 5.01. The van der Waals surface area contributed by atoms with E-state index in [2.05, 4.69) is 22.4 Å². The summed E-state index contributed by atoms with van der Waals surface area (Å²) in [6, 6.07) is 6.27. The van der Waals surface area contributed by atoms with Crippen LogP contribution in [0.2, 0.25) is 0 Å². The zero-order chi connectivity index (χ0) is 16.9. The number of rotatable bonds is 5. The molecule has 0 unspecified atom stereocenters. The van der Waals surface area contributed by atoms with Gasteiger partial charge in [-0.25, -0.2) is 4.98 Å². The molecule has 0 atom stereocenters. The molecule has 1 amide bonds. The van der Waals surface area contributed by atoms with Crippen molar-refractivity contribution in [1.29, 1.82) is 0 Å². The summed E-state index contributed by atoms with van der Waals surface area (Å²) < 4.78 is 0. The molecule has 2 aromatic rings. The number of benzene rings is 1. The molecule has 7 heteroatoms. The Morgan fingerprint density at radius 3 is 2.76 bits per heavy atom. The number of amides is 1. The van der Waals surface area contributed by atoms with Gasteiger partial charge in [0.1, 0.15) is 10.7 Å². The van der Waals surface area contributed by atoms with Crippen LogP contribution in [-0.2, 0) is 6.54 Å². The van der Waals surface area contributed by atoms with Gasteiger partial charge < -0.3 is 11.1 Å². The number of aromatic nitrogens is 1. The Morgan fingerprint density at radius 1 is 1.36 bits per heavy atom. The quantitative estimate of drug-likeness (QED) is 0.744. The van der Waals surface area contributed by atoms with Crippen LogP contribution in [0, 0.1) is 6.92 Å². The normalized spacial score (nSPS) is 14.8. The number of carbonyl (C=O) groups is 1. The molecule has 25 heavy (non-hydrogen) atoms. The number of halogens is 1. The molecule has 3 N–H and O–H groups in total. The van der Waals surface area contributed by atoms with Crippen molar-refractivity contribution in [2.45, 2.75) is 55.7 Å². The van der Waals surface area contributed by atoms with Gasteiger partial charge in [0, 0.05) is 27.8 Å². The summed E-state index contributed by atoms with van der Waals surface area (Å²) in [6.07, 6.45) is 6.71. The van der Waals surface area contributed by atoms with E-state index in [0.717, 1.165) is 21.5 Å². The molecule has 3 rings (SSSR count). The van der Waals surface area contributed by atoms with Crippen molar-refractivity contribution in [2.75, 3.05) is 5.32 Å². The van der Waals surface area contributed by atoms with Gasteiger partial charge in [-0.05, 0) is 43.5 Å². The Kier molecular flexibility index (Phi) is 7.75. The highest BCUT2D eigenvalue weighted by molar-refractivity contribution is 8.00. The SMILES string of the molecule is Cc1cc(SC2CCCCC2)ccc1NC(=O)c1csc(CN)n1.Cl.